The van der Waals surface area contributed by atoms with E-state index < -0.39 is 0 Å². The summed E-state index contributed by atoms with van der Waals surface area (Å²) in [6.45, 7) is 4.40. The lowest BCUT2D eigenvalue weighted by Crippen LogP contribution is -2.02. The van der Waals surface area contributed by atoms with Gasteiger partial charge in [0, 0.05) is 10.2 Å². The number of ether oxygens (including phenoxy) is 2. The van der Waals surface area contributed by atoms with Gasteiger partial charge in [-0.2, -0.15) is 4.68 Å². The smallest absolute Gasteiger partial charge is 0.231 e. The predicted molar refractivity (Wildman–Crippen MR) is 98.5 cm³/mol. The summed E-state index contributed by atoms with van der Waals surface area (Å²) >= 11 is 5.16. The molecule has 1 aliphatic heterocycles. The summed E-state index contributed by atoms with van der Waals surface area (Å²) in [5, 5.41) is 12.9. The van der Waals surface area contributed by atoms with Crippen molar-refractivity contribution in [2.45, 2.75) is 24.8 Å². The Morgan fingerprint density at radius 3 is 2.76 bits per heavy atom. The first-order chi connectivity index (χ1) is 12.1. The Labute approximate surface area is 157 Å². The van der Waals surface area contributed by atoms with Gasteiger partial charge in [-0.05, 0) is 53.6 Å². The quantitative estimate of drug-likeness (QED) is 0.595. The third-order valence-electron chi connectivity index (χ3n) is 3.92. The molecular formula is C17H15BrN4O2S. The first kappa shape index (κ1) is 16.4. The van der Waals surface area contributed by atoms with E-state index in [2.05, 4.69) is 57.4 Å². The lowest BCUT2D eigenvalue weighted by molar-refractivity contribution is 0.174. The monoisotopic (exact) mass is 418 g/mol. The van der Waals surface area contributed by atoms with Crippen LogP contribution in [0, 0.1) is 13.8 Å². The van der Waals surface area contributed by atoms with Crippen LogP contribution in [0.3, 0.4) is 0 Å². The van der Waals surface area contributed by atoms with Crippen LogP contribution < -0.4 is 9.47 Å². The zero-order valence-electron chi connectivity index (χ0n) is 13.7. The lowest BCUT2D eigenvalue weighted by Gasteiger charge is -2.09. The average molecular weight is 419 g/mol. The summed E-state index contributed by atoms with van der Waals surface area (Å²) in [5.41, 5.74) is 4.44. The van der Waals surface area contributed by atoms with Crippen molar-refractivity contribution in [1.29, 1.82) is 0 Å². The summed E-state index contributed by atoms with van der Waals surface area (Å²) in [6.07, 6.45) is 0. The van der Waals surface area contributed by atoms with E-state index in [0.717, 1.165) is 37.9 Å². The highest BCUT2D eigenvalue weighted by molar-refractivity contribution is 9.10. The van der Waals surface area contributed by atoms with E-state index in [1.165, 1.54) is 5.56 Å². The van der Waals surface area contributed by atoms with Crippen LogP contribution in [0.15, 0.2) is 40.0 Å². The molecule has 6 nitrogen and oxygen atoms in total. The molecule has 0 saturated heterocycles. The average Bonchev–Trinajstić information content (AvgIpc) is 3.21. The van der Waals surface area contributed by atoms with Gasteiger partial charge in [-0.3, -0.25) is 0 Å². The molecule has 1 aromatic heterocycles. The first-order valence-corrected chi connectivity index (χ1v) is 9.46. The molecular weight excluding hydrogens is 404 g/mol. The second kappa shape index (κ2) is 6.68. The van der Waals surface area contributed by atoms with Gasteiger partial charge < -0.3 is 9.47 Å². The molecule has 8 heteroatoms. The molecule has 0 spiro atoms. The largest absolute Gasteiger partial charge is 0.454 e. The number of hydrogen-bond acceptors (Lipinski definition) is 6. The Morgan fingerprint density at radius 2 is 1.96 bits per heavy atom. The molecule has 128 valence electrons. The Kier molecular flexibility index (Phi) is 4.39. The minimum absolute atomic E-state index is 0.267. The number of aryl methyl sites for hydroxylation is 2. The Bertz CT molecular complexity index is 944. The zero-order valence-corrected chi connectivity index (χ0v) is 16.1. The second-order valence-corrected chi connectivity index (χ2v) is 7.55. The zero-order chi connectivity index (χ0) is 17.4. The highest BCUT2D eigenvalue weighted by Gasteiger charge is 2.18. The molecule has 4 rings (SSSR count). The molecule has 0 saturated carbocycles. The summed E-state index contributed by atoms with van der Waals surface area (Å²) in [5.74, 6) is 2.25. The van der Waals surface area contributed by atoms with Crippen molar-refractivity contribution in [3.63, 3.8) is 0 Å². The van der Waals surface area contributed by atoms with Crippen molar-refractivity contribution in [3.8, 4) is 17.2 Å². The van der Waals surface area contributed by atoms with Gasteiger partial charge in [-0.1, -0.05) is 45.4 Å². The highest BCUT2D eigenvalue weighted by atomic mass is 79.9. The third kappa shape index (κ3) is 3.23. The van der Waals surface area contributed by atoms with E-state index >= 15 is 0 Å². The van der Waals surface area contributed by atoms with E-state index in [1.54, 1.807) is 16.4 Å². The van der Waals surface area contributed by atoms with Crippen molar-refractivity contribution in [1.82, 2.24) is 20.2 Å². The number of hydrogen-bond donors (Lipinski definition) is 0. The van der Waals surface area contributed by atoms with Crippen molar-refractivity contribution in [2.24, 2.45) is 0 Å². The highest BCUT2D eigenvalue weighted by Crippen LogP contribution is 2.38. The lowest BCUT2D eigenvalue weighted by atomic mass is 10.1. The predicted octanol–water partition coefficient (Wildman–Crippen LogP) is 4.06. The molecule has 0 N–H and O–H groups in total. The number of benzene rings is 2. The maximum absolute atomic E-state index is 5.45. The van der Waals surface area contributed by atoms with Gasteiger partial charge >= 0.3 is 0 Å². The molecule has 0 radical (unpaired) electrons. The van der Waals surface area contributed by atoms with Crippen LogP contribution in [0.4, 0.5) is 0 Å². The molecule has 0 unspecified atom stereocenters. The van der Waals surface area contributed by atoms with Crippen molar-refractivity contribution in [2.75, 3.05) is 6.79 Å². The van der Waals surface area contributed by atoms with Gasteiger partial charge in [0.05, 0.1) is 5.69 Å². The van der Waals surface area contributed by atoms with E-state index in [0.29, 0.717) is 5.75 Å². The number of aromatic nitrogens is 4. The molecule has 2 heterocycles. The van der Waals surface area contributed by atoms with E-state index in [1.807, 2.05) is 18.2 Å². The minimum Gasteiger partial charge on any atom is -0.454 e. The van der Waals surface area contributed by atoms with Crippen LogP contribution in [-0.2, 0) is 5.75 Å². The molecule has 0 aliphatic carbocycles. The van der Waals surface area contributed by atoms with E-state index in [4.69, 9.17) is 9.47 Å². The number of rotatable bonds is 4. The molecule has 3 aromatic rings. The fourth-order valence-corrected chi connectivity index (χ4v) is 4.20. The molecule has 0 fully saturated rings. The number of fused-ring (bicyclic) bond motifs is 1. The fourth-order valence-electron chi connectivity index (χ4n) is 2.68. The maximum Gasteiger partial charge on any atom is 0.231 e. The molecule has 25 heavy (non-hydrogen) atoms. The van der Waals surface area contributed by atoms with E-state index in [9.17, 15) is 0 Å². The van der Waals surface area contributed by atoms with Gasteiger partial charge in [0.15, 0.2) is 11.5 Å². The topological polar surface area (TPSA) is 62.1 Å². The molecule has 2 aromatic carbocycles. The Hall–Kier alpha value is -2.06. The summed E-state index contributed by atoms with van der Waals surface area (Å²) < 4.78 is 13.6. The number of tetrazole rings is 1. The van der Waals surface area contributed by atoms with Gasteiger partial charge in [0.25, 0.3) is 0 Å². The standard InChI is InChI=1S/C17H15BrN4O2S/c1-10-3-4-14(11(2)5-10)22-17(19-20-21-22)25-8-12-6-15-16(7-13(12)18)24-9-23-15/h3-7H,8-9H2,1-2H3. The molecule has 0 bridgehead atoms. The maximum atomic E-state index is 5.45. The summed E-state index contributed by atoms with van der Waals surface area (Å²) in [7, 11) is 0. The Morgan fingerprint density at radius 1 is 1.16 bits per heavy atom. The van der Waals surface area contributed by atoms with Crippen LogP contribution in [-0.4, -0.2) is 27.0 Å². The van der Waals surface area contributed by atoms with Crippen LogP contribution in [0.2, 0.25) is 0 Å². The van der Waals surface area contributed by atoms with Crippen LogP contribution in [0.1, 0.15) is 16.7 Å². The van der Waals surface area contributed by atoms with Crippen molar-refractivity contribution >= 4 is 27.7 Å². The van der Waals surface area contributed by atoms with Gasteiger partial charge in [-0.25, -0.2) is 0 Å². The fraction of sp³-hybridized carbons (Fsp3) is 0.235. The molecule has 0 amide bonds. The number of nitrogens with zero attached hydrogens (tertiary/aromatic N) is 4. The van der Waals surface area contributed by atoms with Gasteiger partial charge in [-0.15, -0.1) is 5.10 Å². The summed E-state index contributed by atoms with van der Waals surface area (Å²) in [6, 6.07) is 10.2. The van der Waals surface area contributed by atoms with Gasteiger partial charge in [0.1, 0.15) is 0 Å². The number of halogens is 1. The minimum atomic E-state index is 0.267. The van der Waals surface area contributed by atoms with Crippen LogP contribution >= 0.6 is 27.7 Å². The van der Waals surface area contributed by atoms with Crippen LogP contribution in [0.25, 0.3) is 5.69 Å². The molecule has 1 aliphatic rings. The normalized spacial score (nSPS) is 12.6. The Balaban J connectivity index is 1.58. The third-order valence-corrected chi connectivity index (χ3v) is 5.63. The van der Waals surface area contributed by atoms with Crippen molar-refractivity contribution in [3.05, 3.63) is 51.5 Å². The number of thioether (sulfide) groups is 1. The molecule has 0 atom stereocenters. The second-order valence-electron chi connectivity index (χ2n) is 5.75. The van der Waals surface area contributed by atoms with Crippen molar-refractivity contribution < 1.29 is 9.47 Å². The van der Waals surface area contributed by atoms with E-state index in [-0.39, 0.29) is 6.79 Å². The SMILES string of the molecule is Cc1ccc(-n2nnnc2SCc2cc3c(cc2Br)OCO3)c(C)c1. The van der Waals surface area contributed by atoms with Crippen LogP contribution in [0.5, 0.6) is 11.5 Å². The summed E-state index contributed by atoms with van der Waals surface area (Å²) in [4.78, 5) is 0. The first-order valence-electron chi connectivity index (χ1n) is 7.68. The van der Waals surface area contributed by atoms with Gasteiger partial charge in [0.2, 0.25) is 11.9 Å².